The maximum Gasteiger partial charge on any atom is 0.191 e. The molecule has 98 valence electrons. The molecule has 0 fully saturated rings. The molecule has 0 amide bonds. The molecule has 1 rings (SSSR count). The van der Waals surface area contributed by atoms with Crippen molar-refractivity contribution in [1.29, 1.82) is 0 Å². The molecule has 4 nitrogen and oxygen atoms in total. The lowest BCUT2D eigenvalue weighted by Gasteiger charge is -2.13. The highest BCUT2D eigenvalue weighted by Crippen LogP contribution is 2.12. The van der Waals surface area contributed by atoms with Crippen molar-refractivity contribution in [2.75, 3.05) is 6.54 Å². The monoisotopic (exact) mass is 368 g/mol. The van der Waals surface area contributed by atoms with E-state index in [4.69, 9.17) is 0 Å². The van der Waals surface area contributed by atoms with Gasteiger partial charge in [-0.05, 0) is 27.7 Å². The first-order valence-electron chi connectivity index (χ1n) is 5.58. The molecule has 2 N–H and O–H groups in total. The minimum Gasteiger partial charge on any atom is -0.357 e. The van der Waals surface area contributed by atoms with Gasteiger partial charge in [0.15, 0.2) is 5.96 Å². The summed E-state index contributed by atoms with van der Waals surface area (Å²) in [6.45, 7) is 9.84. The number of aromatic nitrogens is 1. The zero-order chi connectivity index (χ0) is 12.0. The van der Waals surface area contributed by atoms with Crippen molar-refractivity contribution >= 4 is 41.3 Å². The van der Waals surface area contributed by atoms with Crippen molar-refractivity contribution in [3.63, 3.8) is 0 Å². The number of rotatable bonds is 4. The van der Waals surface area contributed by atoms with E-state index < -0.39 is 0 Å². The number of aliphatic imine (C=N–C) groups is 1. The molecule has 0 aliphatic carbocycles. The van der Waals surface area contributed by atoms with Crippen molar-refractivity contribution in [1.82, 2.24) is 15.6 Å². The van der Waals surface area contributed by atoms with Gasteiger partial charge in [0.1, 0.15) is 0 Å². The molecule has 0 unspecified atom stereocenters. The van der Waals surface area contributed by atoms with Gasteiger partial charge < -0.3 is 10.6 Å². The molecular formula is C11H21IN4S. The highest BCUT2D eigenvalue weighted by Gasteiger charge is 2.01. The normalized spacial score (nSPS) is 11.2. The molecule has 17 heavy (non-hydrogen) atoms. The van der Waals surface area contributed by atoms with E-state index >= 15 is 0 Å². The second-order valence-corrected chi connectivity index (χ2v) is 5.16. The summed E-state index contributed by atoms with van der Waals surface area (Å²) in [6, 6.07) is 0.390. The quantitative estimate of drug-likeness (QED) is 0.488. The number of hydrogen-bond donors (Lipinski definition) is 2. The lowest BCUT2D eigenvalue weighted by molar-refractivity contribution is 0.701. The summed E-state index contributed by atoms with van der Waals surface area (Å²) < 4.78 is 0. The second kappa shape index (κ2) is 8.68. The Morgan fingerprint density at radius 2 is 2.24 bits per heavy atom. The first-order valence-corrected chi connectivity index (χ1v) is 6.39. The van der Waals surface area contributed by atoms with E-state index in [-0.39, 0.29) is 24.0 Å². The van der Waals surface area contributed by atoms with Crippen molar-refractivity contribution < 1.29 is 0 Å². The van der Waals surface area contributed by atoms with E-state index in [2.05, 4.69) is 41.4 Å². The summed E-state index contributed by atoms with van der Waals surface area (Å²) in [6.07, 6.45) is 1.89. The summed E-state index contributed by atoms with van der Waals surface area (Å²) in [4.78, 5) is 9.90. The van der Waals surface area contributed by atoms with Gasteiger partial charge in [0.2, 0.25) is 0 Å². The minimum absolute atomic E-state index is 0. The fourth-order valence-corrected chi connectivity index (χ4v) is 1.95. The molecule has 0 spiro atoms. The third kappa shape index (κ3) is 6.82. The van der Waals surface area contributed by atoms with Crippen LogP contribution in [-0.2, 0) is 6.54 Å². The molecule has 1 aromatic rings. The topological polar surface area (TPSA) is 49.3 Å². The summed E-state index contributed by atoms with van der Waals surface area (Å²) in [7, 11) is 0. The van der Waals surface area contributed by atoms with Crippen LogP contribution in [0.5, 0.6) is 0 Å². The Labute approximate surface area is 124 Å². The van der Waals surface area contributed by atoms with Crippen molar-refractivity contribution in [3.8, 4) is 0 Å². The fraction of sp³-hybridized carbons (Fsp3) is 0.636. The number of nitrogens with zero attached hydrogens (tertiary/aromatic N) is 2. The highest BCUT2D eigenvalue weighted by molar-refractivity contribution is 14.0. The summed E-state index contributed by atoms with van der Waals surface area (Å²) in [5.74, 6) is 0.864. The van der Waals surface area contributed by atoms with E-state index in [1.54, 1.807) is 11.3 Å². The van der Waals surface area contributed by atoms with Crippen LogP contribution in [0.3, 0.4) is 0 Å². The number of hydrogen-bond acceptors (Lipinski definition) is 3. The van der Waals surface area contributed by atoms with E-state index in [1.807, 2.05) is 13.1 Å². The molecular weight excluding hydrogens is 347 g/mol. The van der Waals surface area contributed by atoms with Crippen LogP contribution in [0.1, 0.15) is 30.7 Å². The zero-order valence-electron chi connectivity index (χ0n) is 10.8. The average molecular weight is 368 g/mol. The Kier molecular flexibility index (Phi) is 8.49. The van der Waals surface area contributed by atoms with Crippen molar-refractivity contribution in [2.24, 2.45) is 4.99 Å². The molecule has 1 aromatic heterocycles. The number of halogens is 1. The van der Waals surface area contributed by atoms with Crippen LogP contribution >= 0.6 is 35.3 Å². The van der Waals surface area contributed by atoms with Gasteiger partial charge in [-0.15, -0.1) is 35.3 Å². The van der Waals surface area contributed by atoms with Gasteiger partial charge in [0.05, 0.1) is 11.6 Å². The average Bonchev–Trinajstić information content (AvgIpc) is 2.60. The lowest BCUT2D eigenvalue weighted by atomic mass is 10.4. The molecule has 0 aliphatic rings. The van der Waals surface area contributed by atoms with Gasteiger partial charge in [-0.1, -0.05) is 0 Å². The molecule has 0 bridgehead atoms. The number of aryl methyl sites for hydroxylation is 1. The molecule has 0 aromatic carbocycles. The number of nitrogens with one attached hydrogen (secondary N) is 2. The molecule has 0 aliphatic heterocycles. The van der Waals surface area contributed by atoms with Gasteiger partial charge in [-0.2, -0.15) is 0 Å². The Balaban J connectivity index is 0.00000256. The van der Waals surface area contributed by atoms with E-state index in [0.717, 1.165) is 17.5 Å². The van der Waals surface area contributed by atoms with Crippen molar-refractivity contribution in [3.05, 3.63) is 16.1 Å². The van der Waals surface area contributed by atoms with Crippen LogP contribution in [-0.4, -0.2) is 23.5 Å². The summed E-state index contributed by atoms with van der Waals surface area (Å²) in [5, 5.41) is 7.58. The Morgan fingerprint density at radius 1 is 1.53 bits per heavy atom. The Morgan fingerprint density at radius 3 is 2.71 bits per heavy atom. The molecule has 0 saturated carbocycles. The third-order valence-corrected chi connectivity index (χ3v) is 2.73. The number of thiazole rings is 1. The molecule has 0 atom stereocenters. The van der Waals surface area contributed by atoms with E-state index in [9.17, 15) is 0 Å². The van der Waals surface area contributed by atoms with Crippen LogP contribution in [0.4, 0.5) is 0 Å². The fourth-order valence-electron chi connectivity index (χ4n) is 1.23. The number of guanidine groups is 1. The van der Waals surface area contributed by atoms with Crippen LogP contribution in [0.2, 0.25) is 0 Å². The smallest absolute Gasteiger partial charge is 0.191 e. The van der Waals surface area contributed by atoms with Crippen LogP contribution in [0.25, 0.3) is 0 Å². The predicted octanol–water partition coefficient (Wildman–Crippen LogP) is 2.53. The van der Waals surface area contributed by atoms with Gasteiger partial charge in [0.25, 0.3) is 0 Å². The maximum absolute atomic E-state index is 4.50. The second-order valence-electron chi connectivity index (χ2n) is 3.84. The van der Waals surface area contributed by atoms with Crippen LogP contribution in [0, 0.1) is 6.92 Å². The van der Waals surface area contributed by atoms with E-state index in [1.165, 1.54) is 4.88 Å². The highest BCUT2D eigenvalue weighted by atomic mass is 127. The Bertz CT molecular complexity index is 349. The third-order valence-electron chi connectivity index (χ3n) is 1.83. The molecule has 0 saturated heterocycles. The summed E-state index contributed by atoms with van der Waals surface area (Å²) >= 11 is 1.69. The maximum atomic E-state index is 4.50. The minimum atomic E-state index is 0. The molecule has 0 radical (unpaired) electrons. The predicted molar refractivity (Wildman–Crippen MR) is 85.4 cm³/mol. The van der Waals surface area contributed by atoms with Crippen molar-refractivity contribution in [2.45, 2.75) is 40.3 Å². The largest absolute Gasteiger partial charge is 0.357 e. The molecule has 1 heterocycles. The standard InChI is InChI=1S/C11H20N4S.HI/c1-5-12-11(15-8(2)3)14-7-10-6-13-9(4)16-10;/h6,8H,5,7H2,1-4H3,(H2,12,14,15);1H. The first kappa shape index (κ1) is 16.6. The SMILES string of the molecule is CCNC(=NCc1cnc(C)s1)NC(C)C.I. The Hall–Kier alpha value is -0.370. The van der Waals surface area contributed by atoms with Crippen LogP contribution in [0.15, 0.2) is 11.2 Å². The first-order chi connectivity index (χ1) is 7.61. The van der Waals surface area contributed by atoms with Gasteiger partial charge in [0, 0.05) is 23.7 Å². The lowest BCUT2D eigenvalue weighted by Crippen LogP contribution is -2.40. The van der Waals surface area contributed by atoms with E-state index in [0.29, 0.717) is 12.6 Å². The van der Waals surface area contributed by atoms with Gasteiger partial charge in [-0.3, -0.25) is 0 Å². The zero-order valence-corrected chi connectivity index (χ0v) is 13.9. The summed E-state index contributed by atoms with van der Waals surface area (Å²) in [5.41, 5.74) is 0. The van der Waals surface area contributed by atoms with Gasteiger partial charge in [-0.25, -0.2) is 9.98 Å². The van der Waals surface area contributed by atoms with Crippen LogP contribution < -0.4 is 10.6 Å². The van der Waals surface area contributed by atoms with Gasteiger partial charge >= 0.3 is 0 Å². The molecule has 6 heteroatoms.